The number of aromatic nitrogens is 5. The Labute approximate surface area is 111 Å². The van der Waals surface area contributed by atoms with Gasteiger partial charge in [0, 0.05) is 12.6 Å². The highest BCUT2D eigenvalue weighted by atomic mass is 35.5. The number of hydrogen-bond acceptors (Lipinski definition) is 4. The molecule has 0 aliphatic heterocycles. The van der Waals surface area contributed by atoms with Crippen molar-refractivity contribution >= 4 is 11.6 Å². The highest BCUT2D eigenvalue weighted by Gasteiger charge is 2.19. The van der Waals surface area contributed by atoms with Gasteiger partial charge in [0.1, 0.15) is 10.8 Å². The third-order valence-corrected chi connectivity index (χ3v) is 3.26. The molecule has 0 saturated heterocycles. The minimum atomic E-state index is -0.494. The molecule has 2 rings (SSSR count). The van der Waals surface area contributed by atoms with Gasteiger partial charge in [-0.05, 0) is 20.8 Å². The Hall–Kier alpha value is -1.40. The first-order valence-corrected chi connectivity index (χ1v) is 6.04. The van der Waals surface area contributed by atoms with Crippen LogP contribution in [0.5, 0.6) is 0 Å². The fourth-order valence-electron chi connectivity index (χ4n) is 1.69. The molecule has 7 heteroatoms. The zero-order valence-electron chi connectivity index (χ0n) is 11.0. The standard InChI is InChI=1S/C11H17ClN6/c1-7-8(10(12)17(4)15-7)5-18-6-9(14-16-18)11(2,3)13/h6H,5,13H2,1-4H3. The summed E-state index contributed by atoms with van der Waals surface area (Å²) in [5.74, 6) is 0. The molecule has 0 amide bonds. The average Bonchev–Trinajstić information content (AvgIpc) is 2.80. The molecule has 2 aromatic rings. The highest BCUT2D eigenvalue weighted by molar-refractivity contribution is 6.30. The van der Waals surface area contributed by atoms with E-state index in [1.54, 1.807) is 9.36 Å². The van der Waals surface area contributed by atoms with E-state index < -0.39 is 5.54 Å². The van der Waals surface area contributed by atoms with E-state index in [4.69, 9.17) is 17.3 Å². The number of hydrogen-bond donors (Lipinski definition) is 1. The summed E-state index contributed by atoms with van der Waals surface area (Å²) in [6, 6.07) is 0. The van der Waals surface area contributed by atoms with Gasteiger partial charge in [-0.2, -0.15) is 5.10 Å². The van der Waals surface area contributed by atoms with Crippen LogP contribution in [0.15, 0.2) is 6.20 Å². The fraction of sp³-hybridized carbons (Fsp3) is 0.545. The maximum atomic E-state index is 6.17. The van der Waals surface area contributed by atoms with E-state index in [9.17, 15) is 0 Å². The molecule has 0 aliphatic rings. The molecular formula is C11H17ClN6. The van der Waals surface area contributed by atoms with Gasteiger partial charge in [0.2, 0.25) is 0 Å². The quantitative estimate of drug-likeness (QED) is 0.908. The van der Waals surface area contributed by atoms with Crippen LogP contribution >= 0.6 is 11.6 Å². The normalized spacial score (nSPS) is 12.1. The Kier molecular flexibility index (Phi) is 3.16. The number of nitrogens with two attached hydrogens (primary N) is 1. The van der Waals surface area contributed by atoms with Crippen molar-refractivity contribution in [1.29, 1.82) is 0 Å². The van der Waals surface area contributed by atoms with Crippen LogP contribution in [0.1, 0.15) is 30.8 Å². The van der Waals surface area contributed by atoms with Crippen LogP contribution in [-0.4, -0.2) is 24.8 Å². The van der Waals surface area contributed by atoms with Gasteiger partial charge in [0.25, 0.3) is 0 Å². The van der Waals surface area contributed by atoms with Crippen molar-refractivity contribution in [2.75, 3.05) is 0 Å². The van der Waals surface area contributed by atoms with Crippen molar-refractivity contribution in [1.82, 2.24) is 24.8 Å². The summed E-state index contributed by atoms with van der Waals surface area (Å²) in [5.41, 5.74) is 8.07. The summed E-state index contributed by atoms with van der Waals surface area (Å²) in [6.07, 6.45) is 1.84. The molecule has 6 nitrogen and oxygen atoms in total. The maximum absolute atomic E-state index is 6.17. The van der Waals surface area contributed by atoms with Crippen LogP contribution in [0.4, 0.5) is 0 Å². The van der Waals surface area contributed by atoms with E-state index in [0.717, 1.165) is 17.0 Å². The van der Waals surface area contributed by atoms with Crippen LogP contribution in [0, 0.1) is 6.92 Å². The monoisotopic (exact) mass is 268 g/mol. The van der Waals surface area contributed by atoms with E-state index >= 15 is 0 Å². The lowest BCUT2D eigenvalue weighted by Gasteiger charge is -2.13. The summed E-state index contributed by atoms with van der Waals surface area (Å²) in [4.78, 5) is 0. The summed E-state index contributed by atoms with van der Waals surface area (Å²) < 4.78 is 3.37. The Morgan fingerprint density at radius 2 is 2.11 bits per heavy atom. The molecule has 0 atom stereocenters. The van der Waals surface area contributed by atoms with E-state index in [1.165, 1.54) is 0 Å². The SMILES string of the molecule is Cc1nn(C)c(Cl)c1Cn1cc(C(C)(C)N)nn1. The smallest absolute Gasteiger partial charge is 0.132 e. The average molecular weight is 269 g/mol. The lowest BCUT2D eigenvalue weighted by molar-refractivity contribution is 0.533. The minimum Gasteiger partial charge on any atom is -0.320 e. The predicted octanol–water partition coefficient (Wildman–Crippen LogP) is 1.22. The topological polar surface area (TPSA) is 74.5 Å². The third-order valence-electron chi connectivity index (χ3n) is 2.79. The van der Waals surface area contributed by atoms with E-state index in [2.05, 4.69) is 15.4 Å². The fourth-order valence-corrected chi connectivity index (χ4v) is 1.92. The first kappa shape index (κ1) is 13.0. The molecule has 0 radical (unpaired) electrons. The van der Waals surface area contributed by atoms with Gasteiger partial charge in [-0.25, -0.2) is 4.68 Å². The molecule has 2 aromatic heterocycles. The Bertz CT molecular complexity index is 563. The van der Waals surface area contributed by atoms with Gasteiger partial charge in [-0.15, -0.1) is 5.10 Å². The third kappa shape index (κ3) is 2.39. The zero-order valence-corrected chi connectivity index (χ0v) is 11.7. The molecule has 0 saturated carbocycles. The van der Waals surface area contributed by atoms with Crippen LogP contribution in [0.2, 0.25) is 5.15 Å². The van der Waals surface area contributed by atoms with Crippen molar-refractivity contribution in [2.45, 2.75) is 32.9 Å². The number of aryl methyl sites for hydroxylation is 2. The van der Waals surface area contributed by atoms with E-state index in [-0.39, 0.29) is 0 Å². The van der Waals surface area contributed by atoms with Gasteiger partial charge in [-0.3, -0.25) is 4.68 Å². The highest BCUT2D eigenvalue weighted by Crippen LogP contribution is 2.20. The van der Waals surface area contributed by atoms with Gasteiger partial charge < -0.3 is 5.73 Å². The largest absolute Gasteiger partial charge is 0.320 e. The summed E-state index contributed by atoms with van der Waals surface area (Å²) in [5, 5.41) is 13.0. The molecule has 2 heterocycles. The van der Waals surface area contributed by atoms with E-state index in [1.807, 2.05) is 34.0 Å². The maximum Gasteiger partial charge on any atom is 0.132 e. The summed E-state index contributed by atoms with van der Waals surface area (Å²) in [6.45, 7) is 6.25. The van der Waals surface area contributed by atoms with Gasteiger partial charge in [0.15, 0.2) is 0 Å². The summed E-state index contributed by atoms with van der Waals surface area (Å²) >= 11 is 6.17. The van der Waals surface area contributed by atoms with Crippen molar-refractivity contribution < 1.29 is 0 Å². The zero-order chi connectivity index (χ0) is 13.5. The van der Waals surface area contributed by atoms with Gasteiger partial charge >= 0.3 is 0 Å². The number of halogens is 1. The predicted molar refractivity (Wildman–Crippen MR) is 69.3 cm³/mol. The van der Waals surface area contributed by atoms with Crippen LogP contribution in [0.25, 0.3) is 0 Å². The van der Waals surface area contributed by atoms with Crippen LogP contribution < -0.4 is 5.73 Å². The van der Waals surface area contributed by atoms with Gasteiger partial charge in [0.05, 0.1) is 24.0 Å². The number of nitrogens with zero attached hydrogens (tertiary/aromatic N) is 5. The molecule has 0 spiro atoms. The molecule has 0 aliphatic carbocycles. The van der Waals surface area contributed by atoms with Crippen molar-refractivity contribution in [3.63, 3.8) is 0 Å². The first-order valence-electron chi connectivity index (χ1n) is 5.66. The lowest BCUT2D eigenvalue weighted by Crippen LogP contribution is -2.29. The minimum absolute atomic E-state index is 0.494. The molecule has 18 heavy (non-hydrogen) atoms. The second-order valence-corrected chi connectivity index (χ2v) is 5.36. The Balaban J connectivity index is 2.27. The second-order valence-electron chi connectivity index (χ2n) is 5.00. The molecule has 0 fully saturated rings. The lowest BCUT2D eigenvalue weighted by atomic mass is 10.0. The van der Waals surface area contributed by atoms with Crippen LogP contribution in [-0.2, 0) is 19.1 Å². The molecule has 98 valence electrons. The van der Waals surface area contributed by atoms with Gasteiger partial charge in [-0.1, -0.05) is 16.8 Å². The van der Waals surface area contributed by atoms with Crippen molar-refractivity contribution in [3.05, 3.63) is 28.3 Å². The summed E-state index contributed by atoms with van der Waals surface area (Å²) in [7, 11) is 1.81. The molecule has 0 unspecified atom stereocenters. The van der Waals surface area contributed by atoms with E-state index in [0.29, 0.717) is 11.7 Å². The molecule has 0 aromatic carbocycles. The van der Waals surface area contributed by atoms with Crippen LogP contribution in [0.3, 0.4) is 0 Å². The Morgan fingerprint density at radius 3 is 2.56 bits per heavy atom. The number of rotatable bonds is 3. The molecule has 0 bridgehead atoms. The van der Waals surface area contributed by atoms with Crippen molar-refractivity contribution in [2.24, 2.45) is 12.8 Å². The molecule has 2 N–H and O–H groups in total. The Morgan fingerprint density at radius 1 is 1.44 bits per heavy atom. The second kappa shape index (κ2) is 4.37. The first-order chi connectivity index (χ1) is 8.29. The van der Waals surface area contributed by atoms with Crippen molar-refractivity contribution in [3.8, 4) is 0 Å². The molecular weight excluding hydrogens is 252 g/mol.